The van der Waals surface area contributed by atoms with Crippen molar-refractivity contribution in [3.8, 4) is 11.3 Å². The predicted octanol–water partition coefficient (Wildman–Crippen LogP) is 4.10. The summed E-state index contributed by atoms with van der Waals surface area (Å²) in [6.07, 6.45) is 2.90. The molecule has 0 unspecified atom stereocenters. The number of hydrogen-bond donors (Lipinski definition) is 1. The van der Waals surface area contributed by atoms with Gasteiger partial charge in [-0.25, -0.2) is 0 Å². The fourth-order valence-corrected chi connectivity index (χ4v) is 2.51. The van der Waals surface area contributed by atoms with Crippen molar-refractivity contribution in [1.82, 2.24) is 9.97 Å². The maximum absolute atomic E-state index is 4.26. The molecule has 0 aliphatic heterocycles. The molecular formula is C16H16N2. The molecule has 1 N–H and O–H groups in total. The van der Waals surface area contributed by atoms with Crippen LogP contribution in [0.5, 0.6) is 0 Å². The van der Waals surface area contributed by atoms with E-state index in [1.807, 2.05) is 13.1 Å². The maximum Gasteiger partial charge on any atom is 0.0498 e. The van der Waals surface area contributed by atoms with Crippen LogP contribution in [0.2, 0.25) is 0 Å². The molecule has 3 aromatic rings. The van der Waals surface area contributed by atoms with E-state index in [0.29, 0.717) is 0 Å². The van der Waals surface area contributed by atoms with E-state index in [-0.39, 0.29) is 0 Å². The molecule has 0 amide bonds. The van der Waals surface area contributed by atoms with Crippen molar-refractivity contribution < 1.29 is 0 Å². The number of fused-ring (bicyclic) bond motifs is 1. The minimum absolute atomic E-state index is 1.03. The van der Waals surface area contributed by atoms with Crippen molar-refractivity contribution in [3.63, 3.8) is 0 Å². The molecule has 1 aromatic carbocycles. The van der Waals surface area contributed by atoms with Gasteiger partial charge in [-0.15, -0.1) is 0 Å². The number of aromatic nitrogens is 2. The number of nitrogens with one attached hydrogen (secondary N) is 1. The summed E-state index contributed by atoms with van der Waals surface area (Å²) in [7, 11) is 0. The number of H-pyrrole nitrogens is 1. The second kappa shape index (κ2) is 4.30. The minimum atomic E-state index is 1.03. The van der Waals surface area contributed by atoms with Crippen molar-refractivity contribution in [2.24, 2.45) is 0 Å². The highest BCUT2D eigenvalue weighted by molar-refractivity contribution is 5.90. The van der Waals surface area contributed by atoms with Crippen LogP contribution in [-0.2, 0) is 6.42 Å². The highest BCUT2D eigenvalue weighted by Gasteiger charge is 2.11. The molecule has 3 rings (SSSR count). The van der Waals surface area contributed by atoms with Gasteiger partial charge in [-0.2, -0.15) is 0 Å². The van der Waals surface area contributed by atoms with Gasteiger partial charge in [0.05, 0.1) is 0 Å². The minimum Gasteiger partial charge on any atom is -0.354 e. The summed E-state index contributed by atoms with van der Waals surface area (Å²) >= 11 is 0. The second-order valence-electron chi connectivity index (χ2n) is 4.56. The highest BCUT2D eigenvalue weighted by Crippen LogP contribution is 2.30. The molecule has 2 aromatic heterocycles. The summed E-state index contributed by atoms with van der Waals surface area (Å²) in [6.45, 7) is 4.23. The largest absolute Gasteiger partial charge is 0.354 e. The Labute approximate surface area is 107 Å². The molecule has 18 heavy (non-hydrogen) atoms. The van der Waals surface area contributed by atoms with Gasteiger partial charge in [0.2, 0.25) is 0 Å². The Morgan fingerprint density at radius 3 is 2.78 bits per heavy atom. The van der Waals surface area contributed by atoms with Crippen LogP contribution in [0.1, 0.15) is 18.2 Å². The average molecular weight is 236 g/mol. The first-order valence-electron chi connectivity index (χ1n) is 6.32. The normalized spacial score (nSPS) is 11.0. The SMILES string of the molecule is CCc1c(-c2ccnc(C)c2)[nH]c2ccccc12. The van der Waals surface area contributed by atoms with E-state index in [0.717, 1.165) is 12.1 Å². The topological polar surface area (TPSA) is 28.7 Å². The van der Waals surface area contributed by atoms with Gasteiger partial charge in [0, 0.05) is 34.1 Å². The molecule has 0 aliphatic rings. The third kappa shape index (κ3) is 1.70. The van der Waals surface area contributed by atoms with Crippen molar-refractivity contribution in [3.05, 3.63) is 53.9 Å². The summed E-state index contributed by atoms with van der Waals surface area (Å²) in [5, 5.41) is 1.32. The zero-order valence-electron chi connectivity index (χ0n) is 10.7. The molecule has 0 bridgehead atoms. The second-order valence-corrected chi connectivity index (χ2v) is 4.56. The lowest BCUT2D eigenvalue weighted by Crippen LogP contribution is -1.87. The molecule has 2 heterocycles. The van der Waals surface area contributed by atoms with Crippen molar-refractivity contribution in [1.29, 1.82) is 0 Å². The van der Waals surface area contributed by atoms with Crippen molar-refractivity contribution in [2.45, 2.75) is 20.3 Å². The van der Waals surface area contributed by atoms with E-state index in [1.165, 1.54) is 27.7 Å². The Balaban J connectivity index is 2.28. The number of benzene rings is 1. The Hall–Kier alpha value is -2.09. The standard InChI is InChI=1S/C16H16N2/c1-3-13-14-6-4-5-7-15(14)18-16(13)12-8-9-17-11(2)10-12/h4-10,18H,3H2,1-2H3. The molecule has 0 fully saturated rings. The van der Waals surface area contributed by atoms with Crippen LogP contribution in [-0.4, -0.2) is 9.97 Å². The van der Waals surface area contributed by atoms with E-state index >= 15 is 0 Å². The molecule has 0 saturated heterocycles. The van der Waals surface area contributed by atoms with Crippen LogP contribution < -0.4 is 0 Å². The highest BCUT2D eigenvalue weighted by atomic mass is 14.7. The molecule has 0 atom stereocenters. The van der Waals surface area contributed by atoms with Gasteiger partial charge in [0.15, 0.2) is 0 Å². The molecular weight excluding hydrogens is 220 g/mol. The Kier molecular flexibility index (Phi) is 2.63. The van der Waals surface area contributed by atoms with E-state index < -0.39 is 0 Å². The summed E-state index contributed by atoms with van der Waals surface area (Å²) in [6, 6.07) is 12.7. The number of rotatable bonds is 2. The van der Waals surface area contributed by atoms with Crippen LogP contribution in [0.15, 0.2) is 42.6 Å². The zero-order chi connectivity index (χ0) is 12.5. The Morgan fingerprint density at radius 2 is 2.00 bits per heavy atom. The van der Waals surface area contributed by atoms with E-state index in [1.54, 1.807) is 0 Å². The van der Waals surface area contributed by atoms with Gasteiger partial charge >= 0.3 is 0 Å². The third-order valence-electron chi connectivity index (χ3n) is 3.35. The van der Waals surface area contributed by atoms with Gasteiger partial charge in [0.1, 0.15) is 0 Å². The Morgan fingerprint density at radius 1 is 1.17 bits per heavy atom. The predicted molar refractivity (Wildman–Crippen MR) is 75.6 cm³/mol. The van der Waals surface area contributed by atoms with E-state index in [4.69, 9.17) is 0 Å². The number of hydrogen-bond acceptors (Lipinski definition) is 1. The summed E-state index contributed by atoms with van der Waals surface area (Å²) in [5.41, 5.74) is 6.09. The van der Waals surface area contributed by atoms with Crippen LogP contribution in [0.3, 0.4) is 0 Å². The van der Waals surface area contributed by atoms with Gasteiger partial charge in [-0.1, -0.05) is 25.1 Å². The van der Waals surface area contributed by atoms with E-state index in [2.05, 4.69) is 53.3 Å². The molecule has 0 aliphatic carbocycles. The summed E-state index contributed by atoms with van der Waals surface area (Å²) in [4.78, 5) is 7.79. The number of pyridine rings is 1. The number of aromatic amines is 1. The lowest BCUT2D eigenvalue weighted by molar-refractivity contribution is 1.15. The molecule has 90 valence electrons. The van der Waals surface area contributed by atoms with Crippen molar-refractivity contribution >= 4 is 10.9 Å². The molecule has 2 heteroatoms. The summed E-state index contributed by atoms with van der Waals surface area (Å²) in [5.74, 6) is 0. The van der Waals surface area contributed by atoms with Gasteiger partial charge in [-0.05, 0) is 37.1 Å². The van der Waals surface area contributed by atoms with Gasteiger partial charge in [-0.3, -0.25) is 4.98 Å². The first-order valence-corrected chi connectivity index (χ1v) is 6.32. The summed E-state index contributed by atoms with van der Waals surface area (Å²) < 4.78 is 0. The maximum atomic E-state index is 4.26. The lowest BCUT2D eigenvalue weighted by Gasteiger charge is -2.03. The van der Waals surface area contributed by atoms with E-state index in [9.17, 15) is 0 Å². The van der Waals surface area contributed by atoms with Crippen LogP contribution in [0.4, 0.5) is 0 Å². The average Bonchev–Trinajstić information content (AvgIpc) is 2.77. The number of aryl methyl sites for hydroxylation is 2. The Bertz CT molecular complexity index is 695. The fraction of sp³-hybridized carbons (Fsp3) is 0.188. The monoisotopic (exact) mass is 236 g/mol. The van der Waals surface area contributed by atoms with Crippen LogP contribution >= 0.6 is 0 Å². The molecule has 0 spiro atoms. The van der Waals surface area contributed by atoms with Gasteiger partial charge in [0.25, 0.3) is 0 Å². The smallest absolute Gasteiger partial charge is 0.0498 e. The molecule has 0 radical (unpaired) electrons. The first kappa shape index (κ1) is 11.0. The van der Waals surface area contributed by atoms with Crippen LogP contribution in [0, 0.1) is 6.92 Å². The lowest BCUT2D eigenvalue weighted by atomic mass is 10.0. The third-order valence-corrected chi connectivity index (χ3v) is 3.35. The first-order chi connectivity index (χ1) is 8.79. The van der Waals surface area contributed by atoms with Crippen LogP contribution in [0.25, 0.3) is 22.2 Å². The molecule has 2 nitrogen and oxygen atoms in total. The molecule has 0 saturated carbocycles. The fourth-order valence-electron chi connectivity index (χ4n) is 2.51. The van der Waals surface area contributed by atoms with Crippen molar-refractivity contribution in [2.75, 3.05) is 0 Å². The number of para-hydroxylation sites is 1. The number of nitrogens with zero attached hydrogens (tertiary/aromatic N) is 1. The quantitative estimate of drug-likeness (QED) is 0.713. The van der Waals surface area contributed by atoms with Gasteiger partial charge < -0.3 is 4.98 Å². The zero-order valence-corrected chi connectivity index (χ0v) is 10.7.